The molecule has 0 fully saturated rings. The smallest absolute Gasteiger partial charge is 0.0558 e. The van der Waals surface area contributed by atoms with Gasteiger partial charge in [-0.1, -0.05) is 157 Å². The molecule has 59 heavy (non-hydrogen) atoms. The second-order valence-electron chi connectivity index (χ2n) is 15.7. The van der Waals surface area contributed by atoms with Gasteiger partial charge >= 0.3 is 0 Å². The first-order valence-corrected chi connectivity index (χ1v) is 21.1. The Bertz CT molecular complexity index is 3680. The summed E-state index contributed by atoms with van der Waals surface area (Å²) < 4.78 is 4.87. The molecule has 0 aliphatic carbocycles. The summed E-state index contributed by atoms with van der Waals surface area (Å²) in [5.41, 5.74) is 14.7. The standard InChI is InChI=1S/C56H34N2S/c1-2-11-35(12-3-1)39-25-30-51-48(32-39)43-15-6-8-19-49(43)57(51)41-26-21-37(22-27-41)40-24-29-44-45-17-10-18-47-55-46-16-7-9-20-50(46)58(42-28-23-36-13-4-5-14-38(36)31-42)52(55)34-54(56(45)47)59-53(44)33-40/h1-34H. The van der Waals surface area contributed by atoms with Crippen molar-refractivity contribution in [2.75, 3.05) is 0 Å². The van der Waals surface area contributed by atoms with Gasteiger partial charge in [0.15, 0.2) is 0 Å². The fourth-order valence-corrected chi connectivity index (χ4v) is 11.0. The lowest BCUT2D eigenvalue weighted by molar-refractivity contribution is 1.18. The lowest BCUT2D eigenvalue weighted by Gasteiger charge is -2.22. The van der Waals surface area contributed by atoms with E-state index < -0.39 is 0 Å². The van der Waals surface area contributed by atoms with E-state index >= 15 is 0 Å². The van der Waals surface area contributed by atoms with Crippen LogP contribution >= 0.6 is 11.8 Å². The summed E-state index contributed by atoms with van der Waals surface area (Å²) in [7, 11) is 0. The van der Waals surface area contributed by atoms with Gasteiger partial charge in [0.2, 0.25) is 0 Å². The lowest BCUT2D eigenvalue weighted by atomic mass is 9.93. The molecule has 274 valence electrons. The second kappa shape index (κ2) is 12.6. The molecular weight excluding hydrogens is 733 g/mol. The van der Waals surface area contributed by atoms with Gasteiger partial charge in [0.05, 0.1) is 22.1 Å². The average Bonchev–Trinajstić information content (AvgIpc) is 3.81. The molecule has 3 heterocycles. The highest BCUT2D eigenvalue weighted by molar-refractivity contribution is 7.99. The zero-order valence-electron chi connectivity index (χ0n) is 31.9. The van der Waals surface area contributed by atoms with Crippen molar-refractivity contribution in [2.24, 2.45) is 0 Å². The van der Waals surface area contributed by atoms with E-state index in [1.165, 1.54) is 114 Å². The molecule has 10 aromatic carbocycles. The number of hydrogen-bond donors (Lipinski definition) is 0. The molecule has 0 N–H and O–H groups in total. The number of benzene rings is 10. The second-order valence-corrected chi connectivity index (χ2v) is 16.8. The van der Waals surface area contributed by atoms with Crippen molar-refractivity contribution in [3.05, 3.63) is 206 Å². The van der Waals surface area contributed by atoms with Crippen molar-refractivity contribution in [1.82, 2.24) is 9.13 Å². The maximum absolute atomic E-state index is 2.47. The van der Waals surface area contributed by atoms with E-state index in [0.29, 0.717) is 0 Å². The highest BCUT2D eigenvalue weighted by Gasteiger charge is 2.24. The summed E-state index contributed by atoms with van der Waals surface area (Å²) in [6.07, 6.45) is 0. The maximum Gasteiger partial charge on any atom is 0.0558 e. The number of nitrogens with zero attached hydrogens (tertiary/aromatic N) is 2. The minimum absolute atomic E-state index is 1.16. The molecule has 2 nitrogen and oxygen atoms in total. The van der Waals surface area contributed by atoms with Crippen LogP contribution in [0.3, 0.4) is 0 Å². The highest BCUT2D eigenvalue weighted by atomic mass is 32.2. The number of hydrogen-bond acceptors (Lipinski definition) is 1. The van der Waals surface area contributed by atoms with Crippen LogP contribution < -0.4 is 0 Å². The maximum atomic E-state index is 2.47. The zero-order chi connectivity index (χ0) is 38.6. The van der Waals surface area contributed by atoms with E-state index in [4.69, 9.17) is 0 Å². The third-order valence-corrected chi connectivity index (χ3v) is 13.6. The molecule has 0 amide bonds. The molecule has 0 bridgehead atoms. The third kappa shape index (κ3) is 4.89. The van der Waals surface area contributed by atoms with Crippen LogP contribution in [0.1, 0.15) is 0 Å². The molecule has 0 atom stereocenters. The molecular formula is C56H34N2S. The Kier molecular flexibility index (Phi) is 6.98. The number of para-hydroxylation sites is 2. The number of fused-ring (bicyclic) bond motifs is 10. The Hall–Kier alpha value is -7.33. The van der Waals surface area contributed by atoms with Crippen LogP contribution in [0.25, 0.3) is 110 Å². The summed E-state index contributed by atoms with van der Waals surface area (Å²) in [4.78, 5) is 2.59. The minimum Gasteiger partial charge on any atom is -0.309 e. The van der Waals surface area contributed by atoms with Crippen molar-refractivity contribution < 1.29 is 0 Å². The van der Waals surface area contributed by atoms with Crippen molar-refractivity contribution in [3.8, 4) is 44.8 Å². The Morgan fingerprint density at radius 2 is 0.915 bits per heavy atom. The van der Waals surface area contributed by atoms with Gasteiger partial charge in [0, 0.05) is 48.1 Å². The van der Waals surface area contributed by atoms with Crippen LogP contribution in [0.15, 0.2) is 216 Å². The molecule has 0 radical (unpaired) electrons. The summed E-state index contributed by atoms with van der Waals surface area (Å²) >= 11 is 1.90. The quantitative estimate of drug-likeness (QED) is 0.173. The van der Waals surface area contributed by atoms with Gasteiger partial charge in [-0.2, -0.15) is 0 Å². The largest absolute Gasteiger partial charge is 0.309 e. The van der Waals surface area contributed by atoms with Crippen LogP contribution in [0.5, 0.6) is 0 Å². The summed E-state index contributed by atoms with van der Waals surface area (Å²) in [5, 5.41) is 10.3. The van der Waals surface area contributed by atoms with Gasteiger partial charge in [0.25, 0.3) is 0 Å². The zero-order valence-corrected chi connectivity index (χ0v) is 32.7. The van der Waals surface area contributed by atoms with Crippen LogP contribution in [-0.2, 0) is 0 Å². The first-order valence-electron chi connectivity index (χ1n) is 20.2. The molecule has 2 aromatic heterocycles. The van der Waals surface area contributed by atoms with Crippen molar-refractivity contribution in [3.63, 3.8) is 0 Å². The summed E-state index contributed by atoms with van der Waals surface area (Å²) in [5.74, 6) is 0. The molecule has 0 unspecified atom stereocenters. The van der Waals surface area contributed by atoms with Crippen molar-refractivity contribution in [2.45, 2.75) is 9.79 Å². The summed E-state index contributed by atoms with van der Waals surface area (Å²) in [6.45, 7) is 0. The predicted molar refractivity (Wildman–Crippen MR) is 251 cm³/mol. The van der Waals surface area contributed by atoms with E-state index in [0.717, 1.165) is 5.69 Å². The Balaban J connectivity index is 0.918. The van der Waals surface area contributed by atoms with Crippen LogP contribution in [0, 0.1) is 0 Å². The van der Waals surface area contributed by atoms with Crippen molar-refractivity contribution >= 4 is 76.9 Å². The number of rotatable bonds is 4. The number of aromatic nitrogens is 2. The molecule has 12 aromatic rings. The van der Waals surface area contributed by atoms with Gasteiger partial charge < -0.3 is 9.13 Å². The Labute approximate surface area is 345 Å². The highest BCUT2D eigenvalue weighted by Crippen LogP contribution is 2.52. The third-order valence-electron chi connectivity index (χ3n) is 12.5. The lowest BCUT2D eigenvalue weighted by Crippen LogP contribution is -1.97. The fraction of sp³-hybridized carbons (Fsp3) is 0. The Morgan fingerprint density at radius 3 is 1.78 bits per heavy atom. The summed E-state index contributed by atoms with van der Waals surface area (Å²) in [6, 6.07) is 76.1. The predicted octanol–water partition coefficient (Wildman–Crippen LogP) is 15.7. The minimum atomic E-state index is 1.16. The van der Waals surface area contributed by atoms with Gasteiger partial charge in [-0.25, -0.2) is 0 Å². The molecule has 0 spiro atoms. The van der Waals surface area contributed by atoms with Gasteiger partial charge in [-0.3, -0.25) is 0 Å². The van der Waals surface area contributed by atoms with E-state index in [2.05, 4.69) is 215 Å². The molecule has 3 heteroatoms. The first kappa shape index (κ1) is 32.7. The van der Waals surface area contributed by atoms with E-state index in [1.807, 2.05) is 11.8 Å². The van der Waals surface area contributed by atoms with Crippen LogP contribution in [0.2, 0.25) is 0 Å². The molecule has 1 aliphatic rings. The molecule has 1 aliphatic heterocycles. The fourth-order valence-electron chi connectivity index (χ4n) is 9.79. The monoisotopic (exact) mass is 766 g/mol. The van der Waals surface area contributed by atoms with E-state index in [-0.39, 0.29) is 0 Å². The van der Waals surface area contributed by atoms with E-state index in [1.54, 1.807) is 0 Å². The normalized spacial score (nSPS) is 12.3. The van der Waals surface area contributed by atoms with Crippen molar-refractivity contribution in [1.29, 1.82) is 0 Å². The first-order chi connectivity index (χ1) is 29.2. The SMILES string of the molecule is c1ccc(-c2ccc3c(c2)c2ccccc2n3-c2ccc(-c3ccc4c(c3)Sc3cc5c(c6cccc-4c36)c3ccccc3n5-c3ccc4ccccc4c3)cc2)cc1. The molecule has 13 rings (SSSR count). The topological polar surface area (TPSA) is 9.86 Å². The van der Waals surface area contributed by atoms with Crippen LogP contribution in [-0.4, -0.2) is 9.13 Å². The molecule has 0 saturated carbocycles. The van der Waals surface area contributed by atoms with Gasteiger partial charge in [-0.15, -0.1) is 0 Å². The van der Waals surface area contributed by atoms with Gasteiger partial charge in [-0.05, 0) is 110 Å². The molecule has 0 saturated heterocycles. The van der Waals surface area contributed by atoms with Gasteiger partial charge in [0.1, 0.15) is 0 Å². The average molecular weight is 767 g/mol. The van der Waals surface area contributed by atoms with Crippen LogP contribution in [0.4, 0.5) is 0 Å². The van der Waals surface area contributed by atoms with E-state index in [9.17, 15) is 0 Å². The Morgan fingerprint density at radius 1 is 0.288 bits per heavy atom.